The number of aromatic nitrogens is 3. The number of benzene rings is 1. The minimum Gasteiger partial charge on any atom is -0.459 e. The zero-order valence-corrected chi connectivity index (χ0v) is 15.2. The summed E-state index contributed by atoms with van der Waals surface area (Å²) in [6.45, 7) is 2.58. The Bertz CT molecular complexity index is 1010. The van der Waals surface area contributed by atoms with Crippen molar-refractivity contribution < 1.29 is 22.7 Å². The van der Waals surface area contributed by atoms with Crippen LogP contribution in [0, 0.1) is 6.92 Å². The van der Waals surface area contributed by atoms with Gasteiger partial charge in [0, 0.05) is 13.3 Å². The highest BCUT2D eigenvalue weighted by molar-refractivity contribution is 6.29. The van der Waals surface area contributed by atoms with Crippen molar-refractivity contribution >= 4 is 23.2 Å². The summed E-state index contributed by atoms with van der Waals surface area (Å²) in [4.78, 5) is 15.5. The SMILES string of the molecule is CC(=O)OCc1nc2ccc(Cl)nn2c1Cc1cccc(C(F)(F)F)c1C. The van der Waals surface area contributed by atoms with Crippen LogP contribution in [0.2, 0.25) is 5.15 Å². The van der Waals surface area contributed by atoms with Gasteiger partial charge in [0.25, 0.3) is 0 Å². The normalized spacial score (nSPS) is 11.8. The molecule has 0 unspecified atom stereocenters. The van der Waals surface area contributed by atoms with Gasteiger partial charge in [-0.05, 0) is 36.2 Å². The quantitative estimate of drug-likeness (QED) is 0.614. The molecule has 0 aliphatic heterocycles. The average molecular weight is 398 g/mol. The Labute approximate surface area is 157 Å². The Morgan fingerprint density at radius 2 is 2.00 bits per heavy atom. The van der Waals surface area contributed by atoms with Crippen molar-refractivity contribution in [2.75, 3.05) is 0 Å². The molecule has 0 aliphatic rings. The van der Waals surface area contributed by atoms with Crippen molar-refractivity contribution in [3.05, 3.63) is 63.6 Å². The van der Waals surface area contributed by atoms with Crippen LogP contribution in [0.15, 0.2) is 30.3 Å². The van der Waals surface area contributed by atoms with Crippen LogP contribution in [0.4, 0.5) is 13.2 Å². The maximum absolute atomic E-state index is 13.2. The Morgan fingerprint density at radius 3 is 2.67 bits per heavy atom. The Balaban J connectivity index is 2.09. The van der Waals surface area contributed by atoms with Crippen LogP contribution in [-0.2, 0) is 28.7 Å². The molecule has 9 heteroatoms. The number of hydrogen-bond donors (Lipinski definition) is 0. The zero-order chi connectivity index (χ0) is 19.8. The van der Waals surface area contributed by atoms with E-state index >= 15 is 0 Å². The van der Waals surface area contributed by atoms with Crippen molar-refractivity contribution in [2.45, 2.75) is 33.1 Å². The number of carbonyl (C=O) groups is 1. The average Bonchev–Trinajstić information content (AvgIpc) is 2.91. The maximum atomic E-state index is 13.2. The van der Waals surface area contributed by atoms with E-state index in [0.717, 1.165) is 6.07 Å². The molecule has 0 fully saturated rings. The monoisotopic (exact) mass is 397 g/mol. The lowest BCUT2D eigenvalue weighted by molar-refractivity contribution is -0.142. The van der Waals surface area contributed by atoms with Crippen LogP contribution in [0.1, 0.15) is 35.0 Å². The van der Waals surface area contributed by atoms with Crippen molar-refractivity contribution in [3.63, 3.8) is 0 Å². The lowest BCUT2D eigenvalue weighted by Crippen LogP contribution is -2.10. The standard InChI is InChI=1S/C18H15ClF3N3O2/c1-10-12(4-3-5-13(10)18(20,21)22)8-15-14(9-27-11(2)26)23-17-7-6-16(19)24-25(15)17/h3-7H,8-9H2,1-2H3. The van der Waals surface area contributed by atoms with E-state index < -0.39 is 17.7 Å². The Kier molecular flexibility index (Phi) is 5.10. The number of alkyl halides is 3. The predicted molar refractivity (Wildman–Crippen MR) is 92.5 cm³/mol. The fraction of sp³-hybridized carbons (Fsp3) is 0.278. The second-order valence-corrected chi connectivity index (χ2v) is 6.36. The lowest BCUT2D eigenvalue weighted by atomic mass is 9.98. The first-order valence-electron chi connectivity index (χ1n) is 7.99. The molecule has 0 aliphatic carbocycles. The second kappa shape index (κ2) is 7.19. The van der Waals surface area contributed by atoms with Gasteiger partial charge in [0.1, 0.15) is 17.5 Å². The van der Waals surface area contributed by atoms with Gasteiger partial charge in [-0.15, -0.1) is 0 Å². The fourth-order valence-corrected chi connectivity index (χ4v) is 2.97. The second-order valence-electron chi connectivity index (χ2n) is 5.98. The number of nitrogens with zero attached hydrogens (tertiary/aromatic N) is 3. The third-order valence-corrected chi connectivity index (χ3v) is 4.34. The van der Waals surface area contributed by atoms with E-state index in [1.165, 1.54) is 24.4 Å². The molecule has 5 nitrogen and oxygen atoms in total. The number of halogens is 4. The van der Waals surface area contributed by atoms with E-state index in [2.05, 4.69) is 10.1 Å². The van der Waals surface area contributed by atoms with Gasteiger partial charge >= 0.3 is 12.1 Å². The van der Waals surface area contributed by atoms with Crippen LogP contribution in [-0.4, -0.2) is 20.6 Å². The topological polar surface area (TPSA) is 56.5 Å². The molecule has 0 radical (unpaired) electrons. The van der Waals surface area contributed by atoms with Gasteiger partial charge in [0.15, 0.2) is 5.65 Å². The number of esters is 1. The first kappa shape index (κ1) is 19.2. The molecule has 3 rings (SSSR count). The Hall–Kier alpha value is -2.61. The summed E-state index contributed by atoms with van der Waals surface area (Å²) in [5, 5.41) is 4.39. The molecule has 27 heavy (non-hydrogen) atoms. The number of fused-ring (bicyclic) bond motifs is 1. The van der Waals surface area contributed by atoms with Gasteiger partial charge in [-0.25, -0.2) is 9.50 Å². The van der Waals surface area contributed by atoms with Gasteiger partial charge < -0.3 is 4.74 Å². The molecule has 0 amide bonds. The van der Waals surface area contributed by atoms with Gasteiger partial charge in [-0.2, -0.15) is 18.3 Å². The van der Waals surface area contributed by atoms with Crippen LogP contribution in [0.3, 0.4) is 0 Å². The van der Waals surface area contributed by atoms with Crippen LogP contribution in [0.5, 0.6) is 0 Å². The Morgan fingerprint density at radius 1 is 1.26 bits per heavy atom. The lowest BCUT2D eigenvalue weighted by Gasteiger charge is -2.14. The van der Waals surface area contributed by atoms with E-state index in [1.807, 2.05) is 0 Å². The summed E-state index contributed by atoms with van der Waals surface area (Å²) in [6, 6.07) is 7.21. The molecule has 0 N–H and O–H groups in total. The molecule has 3 aromatic rings. The van der Waals surface area contributed by atoms with Gasteiger partial charge in [-0.3, -0.25) is 4.79 Å². The molecule has 0 atom stereocenters. The fourth-order valence-electron chi connectivity index (χ4n) is 2.83. The van der Waals surface area contributed by atoms with Crippen molar-refractivity contribution in [1.29, 1.82) is 0 Å². The van der Waals surface area contributed by atoms with E-state index in [4.69, 9.17) is 16.3 Å². The summed E-state index contributed by atoms with van der Waals surface area (Å²) in [5.41, 5.74) is 1.29. The summed E-state index contributed by atoms with van der Waals surface area (Å²) < 4.78 is 46.1. The highest BCUT2D eigenvalue weighted by Gasteiger charge is 2.33. The smallest absolute Gasteiger partial charge is 0.416 e. The van der Waals surface area contributed by atoms with Crippen LogP contribution >= 0.6 is 11.6 Å². The summed E-state index contributed by atoms with van der Waals surface area (Å²) in [5.74, 6) is -0.487. The number of imidazole rings is 1. The number of rotatable bonds is 4. The largest absolute Gasteiger partial charge is 0.459 e. The molecule has 0 saturated heterocycles. The highest BCUT2D eigenvalue weighted by atomic mass is 35.5. The number of ether oxygens (including phenoxy) is 1. The third kappa shape index (κ3) is 4.05. The summed E-state index contributed by atoms with van der Waals surface area (Å²) in [7, 11) is 0. The van der Waals surface area contributed by atoms with E-state index in [1.54, 1.807) is 18.2 Å². The molecule has 142 valence electrons. The minimum absolute atomic E-state index is 0.107. The predicted octanol–water partition coefficient (Wildman–Crippen LogP) is 4.36. The third-order valence-electron chi connectivity index (χ3n) is 4.14. The van der Waals surface area contributed by atoms with E-state index in [9.17, 15) is 18.0 Å². The van der Waals surface area contributed by atoms with Gasteiger partial charge in [0.2, 0.25) is 0 Å². The first-order chi connectivity index (χ1) is 12.7. The molecule has 0 spiro atoms. The minimum atomic E-state index is -4.44. The van der Waals surface area contributed by atoms with E-state index in [-0.39, 0.29) is 23.7 Å². The molecule has 2 aromatic heterocycles. The van der Waals surface area contributed by atoms with Crippen molar-refractivity contribution in [2.24, 2.45) is 0 Å². The molecular formula is C18H15ClF3N3O2. The maximum Gasteiger partial charge on any atom is 0.416 e. The molecular weight excluding hydrogens is 383 g/mol. The molecule has 1 aromatic carbocycles. The number of carbonyl (C=O) groups excluding carboxylic acids is 1. The van der Waals surface area contributed by atoms with Crippen LogP contribution in [0.25, 0.3) is 5.65 Å². The number of hydrogen-bond acceptors (Lipinski definition) is 4. The first-order valence-corrected chi connectivity index (χ1v) is 8.36. The van der Waals surface area contributed by atoms with Gasteiger partial charge in [-0.1, -0.05) is 23.7 Å². The highest BCUT2D eigenvalue weighted by Crippen LogP contribution is 2.33. The molecule has 0 saturated carbocycles. The molecule has 2 heterocycles. The van der Waals surface area contributed by atoms with Crippen molar-refractivity contribution in [3.8, 4) is 0 Å². The van der Waals surface area contributed by atoms with Crippen molar-refractivity contribution in [1.82, 2.24) is 14.6 Å². The summed E-state index contributed by atoms with van der Waals surface area (Å²) in [6.07, 6.45) is -4.32. The molecule has 0 bridgehead atoms. The summed E-state index contributed by atoms with van der Waals surface area (Å²) >= 11 is 5.95. The van der Waals surface area contributed by atoms with E-state index in [0.29, 0.717) is 22.6 Å². The van der Waals surface area contributed by atoms with Gasteiger partial charge in [0.05, 0.1) is 11.3 Å². The van der Waals surface area contributed by atoms with Crippen LogP contribution < -0.4 is 0 Å². The zero-order valence-electron chi connectivity index (χ0n) is 14.5.